The molecule has 2 aromatic rings. The van der Waals surface area contributed by atoms with E-state index in [2.05, 4.69) is 5.32 Å². The molecule has 0 unspecified atom stereocenters. The summed E-state index contributed by atoms with van der Waals surface area (Å²) in [6.07, 6.45) is 3.97. The third-order valence-corrected chi connectivity index (χ3v) is 5.82. The number of nitrogens with one attached hydrogen (secondary N) is 1. The molecule has 7 heteroatoms. The van der Waals surface area contributed by atoms with Crippen molar-refractivity contribution in [1.29, 1.82) is 0 Å². The Balaban J connectivity index is 1.50. The molecule has 0 bridgehead atoms. The maximum Gasteiger partial charge on any atom is 0.322 e. The number of benzene rings is 2. The summed E-state index contributed by atoms with van der Waals surface area (Å²) in [6, 6.07) is 12.7. The second kappa shape index (κ2) is 8.28. The van der Waals surface area contributed by atoms with E-state index < -0.39 is 6.03 Å². The molecule has 2 N–H and O–H groups in total. The smallest absolute Gasteiger partial charge is 0.322 e. The van der Waals surface area contributed by atoms with Crippen LogP contribution >= 0.6 is 0 Å². The van der Waals surface area contributed by atoms with Crippen LogP contribution in [0.15, 0.2) is 54.6 Å². The Hall–Kier alpha value is -3.19. The number of hydrogen-bond acceptors (Lipinski definition) is 3. The molecule has 0 saturated carbocycles. The van der Waals surface area contributed by atoms with Gasteiger partial charge < -0.3 is 20.2 Å². The molecule has 3 amide bonds. The van der Waals surface area contributed by atoms with Crippen LogP contribution in [0, 0.1) is 5.82 Å². The number of halogens is 1. The van der Waals surface area contributed by atoms with Crippen molar-refractivity contribution in [1.82, 2.24) is 9.80 Å². The summed E-state index contributed by atoms with van der Waals surface area (Å²) in [5, 5.41) is 12.6. The number of carbonyl (C=O) groups excluding carboxylic acids is 2. The highest BCUT2D eigenvalue weighted by atomic mass is 19.1. The lowest BCUT2D eigenvalue weighted by atomic mass is 9.73. The van der Waals surface area contributed by atoms with Gasteiger partial charge in [0.05, 0.1) is 18.7 Å². The number of urea groups is 1. The molecule has 0 spiro atoms. The molecule has 3 atom stereocenters. The predicted octanol–water partition coefficient (Wildman–Crippen LogP) is 3.06. The summed E-state index contributed by atoms with van der Waals surface area (Å²) in [5.74, 6) is -0.606. The fraction of sp³-hybridized carbons (Fsp3) is 0.304. The van der Waals surface area contributed by atoms with Crippen molar-refractivity contribution in [3.8, 4) is 0 Å². The SMILES string of the molecule is CC=Cc1ccc([C@@H]2[C@@H](CO)N3C(=O)CN(C(=O)Nc4ccc(F)cc4)C[C@@H]23)cc1. The second-order valence-electron chi connectivity index (χ2n) is 7.63. The van der Waals surface area contributed by atoms with E-state index in [1.54, 1.807) is 4.90 Å². The molecular formula is C23H24FN3O3. The van der Waals surface area contributed by atoms with Crippen molar-refractivity contribution in [2.45, 2.75) is 24.9 Å². The number of fused-ring (bicyclic) bond motifs is 1. The lowest BCUT2D eigenvalue weighted by Crippen LogP contribution is -2.73. The molecule has 0 aromatic heterocycles. The maximum atomic E-state index is 13.1. The molecule has 2 aliphatic rings. The number of allylic oxidation sites excluding steroid dienone is 1. The van der Waals surface area contributed by atoms with E-state index in [1.165, 1.54) is 29.2 Å². The molecule has 2 saturated heterocycles. The molecule has 2 fully saturated rings. The van der Waals surface area contributed by atoms with Gasteiger partial charge in [-0.2, -0.15) is 0 Å². The summed E-state index contributed by atoms with van der Waals surface area (Å²) in [4.78, 5) is 28.5. The Labute approximate surface area is 174 Å². The Bertz CT molecular complexity index is 959. The second-order valence-corrected chi connectivity index (χ2v) is 7.63. The molecule has 2 aromatic carbocycles. The van der Waals surface area contributed by atoms with Crippen molar-refractivity contribution >= 4 is 23.7 Å². The van der Waals surface area contributed by atoms with Gasteiger partial charge in [-0.05, 0) is 42.3 Å². The number of aliphatic hydroxyl groups is 1. The van der Waals surface area contributed by atoms with Crippen molar-refractivity contribution in [3.63, 3.8) is 0 Å². The van der Waals surface area contributed by atoms with E-state index in [0.717, 1.165) is 11.1 Å². The number of anilines is 1. The van der Waals surface area contributed by atoms with Gasteiger partial charge in [0.2, 0.25) is 5.91 Å². The van der Waals surface area contributed by atoms with Crippen LogP contribution in [0.25, 0.3) is 6.08 Å². The van der Waals surface area contributed by atoms with Crippen molar-refractivity contribution in [3.05, 3.63) is 71.6 Å². The average molecular weight is 409 g/mol. The molecule has 0 radical (unpaired) electrons. The minimum absolute atomic E-state index is 0.0416. The van der Waals surface area contributed by atoms with E-state index >= 15 is 0 Å². The average Bonchev–Trinajstić information content (AvgIpc) is 2.72. The van der Waals surface area contributed by atoms with Gasteiger partial charge >= 0.3 is 6.03 Å². The number of amides is 3. The Kier molecular flexibility index (Phi) is 5.55. The zero-order valence-electron chi connectivity index (χ0n) is 16.7. The molecule has 2 aliphatic heterocycles. The number of piperazine rings is 1. The minimum Gasteiger partial charge on any atom is -0.394 e. The number of aliphatic hydroxyl groups excluding tert-OH is 1. The van der Waals surface area contributed by atoms with Gasteiger partial charge in [0.1, 0.15) is 12.4 Å². The first-order valence-electron chi connectivity index (χ1n) is 9.98. The van der Waals surface area contributed by atoms with E-state index in [1.807, 2.05) is 43.3 Å². The first-order chi connectivity index (χ1) is 14.5. The summed E-state index contributed by atoms with van der Waals surface area (Å²) < 4.78 is 13.1. The van der Waals surface area contributed by atoms with Gasteiger partial charge in [-0.15, -0.1) is 0 Å². The molecule has 4 rings (SSSR count). The van der Waals surface area contributed by atoms with Crippen LogP contribution in [0.1, 0.15) is 24.0 Å². The molecule has 156 valence electrons. The van der Waals surface area contributed by atoms with Crippen LogP contribution < -0.4 is 5.32 Å². The molecule has 0 aliphatic carbocycles. The highest BCUT2D eigenvalue weighted by Gasteiger charge is 2.54. The van der Waals surface area contributed by atoms with Gasteiger partial charge in [0.15, 0.2) is 0 Å². The zero-order chi connectivity index (χ0) is 21.3. The van der Waals surface area contributed by atoms with E-state index in [4.69, 9.17) is 0 Å². The van der Waals surface area contributed by atoms with E-state index in [9.17, 15) is 19.1 Å². The Morgan fingerprint density at radius 2 is 1.90 bits per heavy atom. The van der Waals surface area contributed by atoms with E-state index in [0.29, 0.717) is 12.2 Å². The van der Waals surface area contributed by atoms with Gasteiger partial charge in [-0.3, -0.25) is 4.79 Å². The first kappa shape index (κ1) is 20.1. The summed E-state index contributed by atoms with van der Waals surface area (Å²) in [5.41, 5.74) is 2.59. The topological polar surface area (TPSA) is 72.9 Å². The van der Waals surface area contributed by atoms with Crippen molar-refractivity contribution in [2.24, 2.45) is 0 Å². The fourth-order valence-electron chi connectivity index (χ4n) is 4.41. The highest BCUT2D eigenvalue weighted by Crippen LogP contribution is 2.43. The van der Waals surface area contributed by atoms with Crippen molar-refractivity contribution < 1.29 is 19.1 Å². The van der Waals surface area contributed by atoms with Gasteiger partial charge in [-0.1, -0.05) is 36.4 Å². The number of nitrogens with zero attached hydrogens (tertiary/aromatic N) is 2. The lowest BCUT2D eigenvalue weighted by molar-refractivity contribution is -0.159. The fourth-order valence-corrected chi connectivity index (χ4v) is 4.41. The lowest BCUT2D eigenvalue weighted by Gasteiger charge is -2.58. The standard InChI is InChI=1S/C23H24FN3O3/c1-2-3-15-4-6-16(7-5-15)22-19-12-26(13-21(29)27(19)20(22)14-28)23(30)25-18-10-8-17(24)9-11-18/h2-11,19-20,22,28H,12-14H2,1H3,(H,25,30)/t19-,20+,22-/m0/s1. The van der Waals surface area contributed by atoms with Crippen LogP contribution in [-0.4, -0.2) is 58.6 Å². The highest BCUT2D eigenvalue weighted by molar-refractivity contribution is 5.93. The third kappa shape index (κ3) is 3.68. The van der Waals surface area contributed by atoms with Crippen LogP contribution in [0.5, 0.6) is 0 Å². The Morgan fingerprint density at radius 1 is 1.20 bits per heavy atom. The molecule has 30 heavy (non-hydrogen) atoms. The first-order valence-corrected chi connectivity index (χ1v) is 9.98. The normalized spacial score (nSPS) is 23.3. The predicted molar refractivity (Wildman–Crippen MR) is 112 cm³/mol. The quantitative estimate of drug-likeness (QED) is 0.815. The van der Waals surface area contributed by atoms with Crippen LogP contribution in [0.4, 0.5) is 14.9 Å². The molecule has 2 heterocycles. The number of hydrogen-bond donors (Lipinski definition) is 2. The largest absolute Gasteiger partial charge is 0.394 e. The maximum absolute atomic E-state index is 13.1. The van der Waals surface area contributed by atoms with Crippen molar-refractivity contribution in [2.75, 3.05) is 25.0 Å². The van der Waals surface area contributed by atoms with Gasteiger partial charge in [0, 0.05) is 18.2 Å². The van der Waals surface area contributed by atoms with Crippen LogP contribution in [0.3, 0.4) is 0 Å². The number of carbonyl (C=O) groups is 2. The van der Waals surface area contributed by atoms with Crippen LogP contribution in [0.2, 0.25) is 0 Å². The zero-order valence-corrected chi connectivity index (χ0v) is 16.7. The summed E-state index contributed by atoms with van der Waals surface area (Å²) in [7, 11) is 0. The van der Waals surface area contributed by atoms with Gasteiger partial charge in [-0.25, -0.2) is 9.18 Å². The Morgan fingerprint density at radius 3 is 2.53 bits per heavy atom. The summed E-state index contributed by atoms with van der Waals surface area (Å²) >= 11 is 0. The van der Waals surface area contributed by atoms with E-state index in [-0.39, 0.29) is 42.9 Å². The van der Waals surface area contributed by atoms with Crippen LogP contribution in [-0.2, 0) is 4.79 Å². The summed E-state index contributed by atoms with van der Waals surface area (Å²) in [6.45, 7) is 2.16. The van der Waals surface area contributed by atoms with Gasteiger partial charge in [0.25, 0.3) is 0 Å². The molecular weight excluding hydrogens is 385 g/mol. The minimum atomic E-state index is -0.399. The number of rotatable bonds is 4. The molecule has 6 nitrogen and oxygen atoms in total. The third-order valence-electron chi connectivity index (χ3n) is 5.82. The monoisotopic (exact) mass is 409 g/mol.